The fourth-order valence-corrected chi connectivity index (χ4v) is 4.07. The highest BCUT2D eigenvalue weighted by Crippen LogP contribution is 2.25. The van der Waals surface area contributed by atoms with E-state index in [1.807, 2.05) is 19.1 Å². The number of rotatable bonds is 5. The van der Waals surface area contributed by atoms with Gasteiger partial charge in [-0.1, -0.05) is 11.3 Å². The fourth-order valence-electron chi connectivity index (χ4n) is 3.41. The number of carbonyl (C=O) groups excluding carboxylic acids is 1. The molecule has 0 aliphatic carbocycles. The lowest BCUT2D eigenvalue weighted by atomic mass is 9.96. The number of piperidine rings is 1. The number of anilines is 1. The van der Waals surface area contributed by atoms with E-state index in [4.69, 9.17) is 0 Å². The average molecular weight is 418 g/mol. The minimum atomic E-state index is -2.34. The number of nitrogens with one attached hydrogen (secondary N) is 1. The Bertz CT molecular complexity index is 1020. The molecular formula is C19H20F2N6OS. The summed E-state index contributed by atoms with van der Waals surface area (Å²) in [5, 5.41) is 13.4. The minimum Gasteiger partial charge on any atom is -0.310 e. The average Bonchev–Trinajstić information content (AvgIpc) is 3.14. The molecule has 1 aliphatic heterocycles. The Morgan fingerprint density at radius 1 is 1.31 bits per heavy atom. The van der Waals surface area contributed by atoms with E-state index < -0.39 is 6.43 Å². The van der Waals surface area contributed by atoms with Crippen molar-refractivity contribution in [3.63, 3.8) is 0 Å². The summed E-state index contributed by atoms with van der Waals surface area (Å²) in [6.45, 7) is 2.65. The number of pyridine rings is 2. The first-order valence-corrected chi connectivity index (χ1v) is 10.2. The summed E-state index contributed by atoms with van der Waals surface area (Å²) in [5.41, 5.74) is 1.42. The van der Waals surface area contributed by atoms with E-state index in [-0.39, 0.29) is 18.4 Å². The van der Waals surface area contributed by atoms with E-state index in [1.54, 1.807) is 17.2 Å². The van der Waals surface area contributed by atoms with Crippen LogP contribution in [0.2, 0.25) is 0 Å². The molecule has 1 fully saturated rings. The summed E-state index contributed by atoms with van der Waals surface area (Å²) < 4.78 is 25.0. The Morgan fingerprint density at radius 3 is 2.79 bits per heavy atom. The smallest absolute Gasteiger partial charge is 0.251 e. The first-order valence-electron chi connectivity index (χ1n) is 9.36. The Kier molecular flexibility index (Phi) is 5.72. The molecule has 1 saturated heterocycles. The van der Waals surface area contributed by atoms with Crippen LogP contribution in [-0.4, -0.2) is 57.0 Å². The monoisotopic (exact) mass is 418 g/mol. The van der Waals surface area contributed by atoms with E-state index in [0.29, 0.717) is 37.3 Å². The summed E-state index contributed by atoms with van der Waals surface area (Å²) in [6, 6.07) is 5.51. The zero-order valence-electron chi connectivity index (χ0n) is 15.8. The molecule has 1 amide bonds. The Balaban J connectivity index is 1.44. The van der Waals surface area contributed by atoms with Crippen LogP contribution in [-0.2, 0) is 4.79 Å². The van der Waals surface area contributed by atoms with Crippen molar-refractivity contribution >= 4 is 34.0 Å². The van der Waals surface area contributed by atoms with Crippen LogP contribution >= 0.6 is 11.3 Å². The van der Waals surface area contributed by atoms with Crippen LogP contribution in [0.5, 0.6) is 0 Å². The van der Waals surface area contributed by atoms with Gasteiger partial charge in [0, 0.05) is 23.6 Å². The number of halogens is 2. The molecule has 0 atom stereocenters. The predicted molar refractivity (Wildman–Crippen MR) is 107 cm³/mol. The van der Waals surface area contributed by atoms with Gasteiger partial charge in [0.05, 0.1) is 12.1 Å². The lowest BCUT2D eigenvalue weighted by molar-refractivity contribution is -0.121. The third-order valence-electron chi connectivity index (χ3n) is 4.92. The molecule has 3 aromatic rings. The molecule has 4 rings (SSSR count). The van der Waals surface area contributed by atoms with Crippen molar-refractivity contribution < 1.29 is 13.6 Å². The van der Waals surface area contributed by atoms with Gasteiger partial charge >= 0.3 is 0 Å². The van der Waals surface area contributed by atoms with Crippen LogP contribution < -0.4 is 5.32 Å². The van der Waals surface area contributed by atoms with Gasteiger partial charge in [-0.25, -0.2) is 18.7 Å². The van der Waals surface area contributed by atoms with Gasteiger partial charge < -0.3 is 5.32 Å². The highest BCUT2D eigenvalue weighted by atomic mass is 32.1. The molecule has 0 aromatic carbocycles. The van der Waals surface area contributed by atoms with Crippen molar-refractivity contribution in [2.75, 3.05) is 25.0 Å². The van der Waals surface area contributed by atoms with E-state index >= 15 is 0 Å². The standard InChI is InChI=1S/C19H20F2N6OS/c1-11-25-26-19(29-11)14-3-2-13-9-22-17(8-15(13)23-14)24-18(28)12-4-6-27(7-5-12)10-16(20)21/h2-3,8-9,12,16H,4-7,10H2,1H3,(H,22,24,28). The Labute approximate surface area is 170 Å². The largest absolute Gasteiger partial charge is 0.310 e. The van der Waals surface area contributed by atoms with Crippen LogP contribution in [0, 0.1) is 12.8 Å². The van der Waals surface area contributed by atoms with Gasteiger partial charge in [0.15, 0.2) is 5.01 Å². The quantitative estimate of drug-likeness (QED) is 0.684. The number of aryl methyl sites for hydroxylation is 1. The molecule has 0 unspecified atom stereocenters. The number of nitrogens with zero attached hydrogens (tertiary/aromatic N) is 5. The van der Waals surface area contributed by atoms with E-state index in [1.165, 1.54) is 11.3 Å². The summed E-state index contributed by atoms with van der Waals surface area (Å²) in [5.74, 6) is 0.0881. The first kappa shape index (κ1) is 19.7. The molecule has 4 heterocycles. The SMILES string of the molecule is Cc1nnc(-c2ccc3cnc(NC(=O)C4CCN(CC(F)F)CC4)cc3n2)s1. The van der Waals surface area contributed by atoms with Crippen molar-refractivity contribution in [3.05, 3.63) is 29.4 Å². The van der Waals surface area contributed by atoms with Crippen LogP contribution in [0.4, 0.5) is 14.6 Å². The van der Waals surface area contributed by atoms with Crippen LogP contribution in [0.3, 0.4) is 0 Å². The second kappa shape index (κ2) is 8.42. The van der Waals surface area contributed by atoms with Gasteiger partial charge in [0.1, 0.15) is 16.5 Å². The number of hydrogen-bond acceptors (Lipinski definition) is 7. The zero-order chi connectivity index (χ0) is 20.4. The van der Waals surface area contributed by atoms with Gasteiger partial charge in [-0.15, -0.1) is 10.2 Å². The van der Waals surface area contributed by atoms with Gasteiger partial charge in [-0.2, -0.15) is 0 Å². The van der Waals surface area contributed by atoms with E-state index in [9.17, 15) is 13.6 Å². The lowest BCUT2D eigenvalue weighted by Crippen LogP contribution is -2.40. The molecule has 1 N–H and O–H groups in total. The number of likely N-dealkylation sites (tertiary alicyclic amines) is 1. The van der Waals surface area contributed by atoms with E-state index in [2.05, 4.69) is 25.5 Å². The Hall–Kier alpha value is -2.59. The number of fused-ring (bicyclic) bond motifs is 1. The molecule has 0 saturated carbocycles. The highest BCUT2D eigenvalue weighted by molar-refractivity contribution is 7.14. The van der Waals surface area contributed by atoms with Gasteiger partial charge in [0.2, 0.25) is 5.91 Å². The third kappa shape index (κ3) is 4.70. The number of aromatic nitrogens is 4. The molecule has 0 bridgehead atoms. The number of carbonyl (C=O) groups is 1. The second-order valence-electron chi connectivity index (χ2n) is 7.04. The molecule has 29 heavy (non-hydrogen) atoms. The third-order valence-corrected chi connectivity index (χ3v) is 5.79. The van der Waals surface area contributed by atoms with Crippen molar-refractivity contribution in [1.29, 1.82) is 0 Å². The summed E-state index contributed by atoms with van der Waals surface area (Å²) >= 11 is 1.47. The van der Waals surface area contributed by atoms with Crippen molar-refractivity contribution in [2.45, 2.75) is 26.2 Å². The molecule has 0 spiro atoms. The number of alkyl halides is 2. The van der Waals surface area contributed by atoms with Crippen molar-refractivity contribution in [1.82, 2.24) is 25.1 Å². The molecule has 7 nitrogen and oxygen atoms in total. The maximum atomic E-state index is 12.6. The predicted octanol–water partition coefficient (Wildman–Crippen LogP) is 3.37. The first-order chi connectivity index (χ1) is 14.0. The number of amides is 1. The van der Waals surface area contributed by atoms with Crippen LogP contribution in [0.1, 0.15) is 17.8 Å². The summed E-state index contributed by atoms with van der Waals surface area (Å²) in [4.78, 5) is 23.2. The molecule has 3 aromatic heterocycles. The molecule has 1 aliphatic rings. The molecule has 10 heteroatoms. The topological polar surface area (TPSA) is 83.9 Å². The maximum absolute atomic E-state index is 12.6. The fraction of sp³-hybridized carbons (Fsp3) is 0.421. The summed E-state index contributed by atoms with van der Waals surface area (Å²) in [7, 11) is 0. The van der Waals surface area contributed by atoms with Crippen molar-refractivity contribution in [2.24, 2.45) is 5.92 Å². The molecular weight excluding hydrogens is 398 g/mol. The van der Waals surface area contributed by atoms with Crippen molar-refractivity contribution in [3.8, 4) is 10.7 Å². The maximum Gasteiger partial charge on any atom is 0.251 e. The highest BCUT2D eigenvalue weighted by Gasteiger charge is 2.26. The molecule has 152 valence electrons. The Morgan fingerprint density at radius 2 is 2.10 bits per heavy atom. The van der Waals surface area contributed by atoms with E-state index in [0.717, 1.165) is 21.1 Å². The van der Waals surface area contributed by atoms with Gasteiger partial charge in [-0.05, 0) is 45.0 Å². The zero-order valence-corrected chi connectivity index (χ0v) is 16.6. The normalized spacial score (nSPS) is 15.9. The van der Waals surface area contributed by atoms with Crippen LogP contribution in [0.25, 0.3) is 21.6 Å². The van der Waals surface area contributed by atoms with Crippen LogP contribution in [0.15, 0.2) is 24.4 Å². The molecule has 0 radical (unpaired) electrons. The second-order valence-corrected chi connectivity index (χ2v) is 8.22. The minimum absolute atomic E-state index is 0.135. The lowest BCUT2D eigenvalue weighted by Gasteiger charge is -2.30. The summed E-state index contributed by atoms with van der Waals surface area (Å²) in [6.07, 6.45) is 0.442. The van der Waals surface area contributed by atoms with Gasteiger partial charge in [-0.3, -0.25) is 9.69 Å². The number of hydrogen-bond donors (Lipinski definition) is 1. The van der Waals surface area contributed by atoms with Gasteiger partial charge in [0.25, 0.3) is 6.43 Å².